The zero-order valence-electron chi connectivity index (χ0n) is 16.0. The maximum atomic E-state index is 12.7. The predicted octanol–water partition coefficient (Wildman–Crippen LogP) is 2.36. The number of ether oxygens (including phenoxy) is 1. The normalized spacial score (nSPS) is 15.3. The Balaban J connectivity index is 1.53. The van der Waals surface area contributed by atoms with Crippen molar-refractivity contribution in [3.63, 3.8) is 0 Å². The van der Waals surface area contributed by atoms with Crippen molar-refractivity contribution in [2.45, 2.75) is 26.3 Å². The molecule has 4 nitrogen and oxygen atoms in total. The average molecular weight is 353 g/mol. The average Bonchev–Trinajstić information content (AvgIpc) is 2.69. The van der Waals surface area contributed by atoms with Gasteiger partial charge in [0.25, 0.3) is 5.91 Å². The van der Waals surface area contributed by atoms with Crippen LogP contribution in [0.5, 0.6) is 5.75 Å². The van der Waals surface area contributed by atoms with Gasteiger partial charge in [0.1, 0.15) is 12.3 Å². The first-order valence-corrected chi connectivity index (χ1v) is 9.42. The van der Waals surface area contributed by atoms with E-state index in [1.54, 1.807) is 7.11 Å². The molecule has 0 atom stereocenters. The number of piperazine rings is 1. The lowest BCUT2D eigenvalue weighted by Gasteiger charge is -2.32. The molecule has 4 heteroatoms. The van der Waals surface area contributed by atoms with E-state index in [2.05, 4.69) is 38.1 Å². The molecule has 2 aromatic carbocycles. The SMILES string of the molecule is COc1ccc(C[NH+]2CCN(C(=O)c3ccc(C(C)C)cc3)CC2)cc1. The molecule has 1 fully saturated rings. The van der Waals surface area contributed by atoms with Gasteiger partial charge in [-0.2, -0.15) is 0 Å². The van der Waals surface area contributed by atoms with Crippen LogP contribution in [0.15, 0.2) is 48.5 Å². The van der Waals surface area contributed by atoms with Crippen molar-refractivity contribution >= 4 is 5.91 Å². The summed E-state index contributed by atoms with van der Waals surface area (Å²) in [5, 5.41) is 0. The standard InChI is InChI=1S/C22H28N2O2/c1-17(2)19-6-8-20(9-7-19)22(25)24-14-12-23(13-15-24)16-18-4-10-21(26-3)11-5-18/h4-11,17H,12-16H2,1-3H3/p+1. The van der Waals surface area contributed by atoms with Crippen molar-refractivity contribution in [1.29, 1.82) is 0 Å². The third-order valence-electron chi connectivity index (χ3n) is 5.20. The van der Waals surface area contributed by atoms with Crippen LogP contribution in [0.4, 0.5) is 0 Å². The summed E-state index contributed by atoms with van der Waals surface area (Å²) in [6.45, 7) is 8.94. The summed E-state index contributed by atoms with van der Waals surface area (Å²) < 4.78 is 5.21. The monoisotopic (exact) mass is 353 g/mol. The molecule has 26 heavy (non-hydrogen) atoms. The summed E-state index contributed by atoms with van der Waals surface area (Å²) in [6.07, 6.45) is 0. The Morgan fingerprint density at radius 3 is 2.19 bits per heavy atom. The van der Waals surface area contributed by atoms with Crippen molar-refractivity contribution in [2.24, 2.45) is 0 Å². The van der Waals surface area contributed by atoms with Gasteiger partial charge in [0.15, 0.2) is 0 Å². The smallest absolute Gasteiger partial charge is 0.254 e. The molecule has 1 aliphatic heterocycles. The summed E-state index contributed by atoms with van der Waals surface area (Å²) in [5.74, 6) is 1.54. The van der Waals surface area contributed by atoms with Gasteiger partial charge >= 0.3 is 0 Å². The molecule has 0 aliphatic carbocycles. The van der Waals surface area contributed by atoms with Crippen molar-refractivity contribution in [2.75, 3.05) is 33.3 Å². The van der Waals surface area contributed by atoms with Crippen molar-refractivity contribution < 1.29 is 14.4 Å². The van der Waals surface area contributed by atoms with Gasteiger partial charge < -0.3 is 14.5 Å². The van der Waals surface area contributed by atoms with Gasteiger partial charge in [0.05, 0.1) is 33.3 Å². The Morgan fingerprint density at radius 1 is 1.04 bits per heavy atom. The summed E-state index contributed by atoms with van der Waals surface area (Å²) in [7, 11) is 1.69. The largest absolute Gasteiger partial charge is 0.497 e. The molecule has 138 valence electrons. The van der Waals surface area contributed by atoms with Gasteiger partial charge in [-0.25, -0.2) is 0 Å². The van der Waals surface area contributed by atoms with Crippen LogP contribution in [0.25, 0.3) is 0 Å². The van der Waals surface area contributed by atoms with Gasteiger partial charge in [-0.05, 0) is 47.9 Å². The number of benzene rings is 2. The van der Waals surface area contributed by atoms with E-state index < -0.39 is 0 Å². The van der Waals surface area contributed by atoms with Crippen LogP contribution in [0.2, 0.25) is 0 Å². The molecule has 1 amide bonds. The van der Waals surface area contributed by atoms with Gasteiger partial charge in [0, 0.05) is 11.1 Å². The van der Waals surface area contributed by atoms with Crippen molar-refractivity contribution in [3.05, 3.63) is 65.2 Å². The van der Waals surface area contributed by atoms with Crippen molar-refractivity contribution in [1.82, 2.24) is 4.90 Å². The number of carbonyl (C=O) groups excluding carboxylic acids is 1. The highest BCUT2D eigenvalue weighted by Crippen LogP contribution is 2.16. The fraction of sp³-hybridized carbons (Fsp3) is 0.409. The van der Waals surface area contributed by atoms with E-state index in [9.17, 15) is 4.79 Å². The highest BCUT2D eigenvalue weighted by atomic mass is 16.5. The molecular weight excluding hydrogens is 324 g/mol. The van der Waals surface area contributed by atoms with E-state index in [4.69, 9.17) is 4.74 Å². The van der Waals surface area contributed by atoms with Crippen LogP contribution in [-0.2, 0) is 6.54 Å². The van der Waals surface area contributed by atoms with Gasteiger partial charge in [-0.3, -0.25) is 4.79 Å². The predicted molar refractivity (Wildman–Crippen MR) is 104 cm³/mol. The van der Waals surface area contributed by atoms with Gasteiger partial charge in [0.2, 0.25) is 0 Å². The number of hydrogen-bond acceptors (Lipinski definition) is 2. The van der Waals surface area contributed by atoms with E-state index in [0.29, 0.717) is 5.92 Å². The quantitative estimate of drug-likeness (QED) is 0.895. The molecule has 0 bridgehead atoms. The van der Waals surface area contributed by atoms with E-state index in [1.807, 2.05) is 29.2 Å². The fourth-order valence-electron chi connectivity index (χ4n) is 3.43. The molecule has 2 aromatic rings. The van der Waals surface area contributed by atoms with Gasteiger partial charge in [-0.1, -0.05) is 26.0 Å². The Hall–Kier alpha value is -2.33. The Bertz CT molecular complexity index is 715. The summed E-state index contributed by atoms with van der Waals surface area (Å²) in [6, 6.07) is 16.3. The number of carbonyl (C=O) groups is 1. The second kappa shape index (κ2) is 8.37. The first kappa shape index (κ1) is 18.5. The number of nitrogens with one attached hydrogen (secondary N) is 1. The van der Waals surface area contributed by atoms with Crippen LogP contribution in [0, 0.1) is 0 Å². The number of nitrogens with zero attached hydrogens (tertiary/aromatic N) is 1. The zero-order valence-corrected chi connectivity index (χ0v) is 16.0. The highest BCUT2D eigenvalue weighted by molar-refractivity contribution is 5.94. The molecule has 1 aliphatic rings. The van der Waals surface area contributed by atoms with Crippen LogP contribution in [0.1, 0.15) is 41.3 Å². The molecule has 3 rings (SSSR count). The first-order chi connectivity index (χ1) is 12.6. The minimum Gasteiger partial charge on any atom is -0.497 e. The van der Waals surface area contributed by atoms with Crippen LogP contribution < -0.4 is 9.64 Å². The molecule has 1 N–H and O–H groups in total. The minimum atomic E-state index is 0.156. The number of amides is 1. The highest BCUT2D eigenvalue weighted by Gasteiger charge is 2.24. The summed E-state index contributed by atoms with van der Waals surface area (Å²) in [4.78, 5) is 16.2. The lowest BCUT2D eigenvalue weighted by atomic mass is 10.0. The van der Waals surface area contributed by atoms with E-state index >= 15 is 0 Å². The first-order valence-electron chi connectivity index (χ1n) is 9.42. The molecule has 0 aromatic heterocycles. The van der Waals surface area contributed by atoms with E-state index in [0.717, 1.165) is 44.0 Å². The molecule has 0 spiro atoms. The summed E-state index contributed by atoms with van der Waals surface area (Å²) in [5.41, 5.74) is 3.38. The lowest BCUT2D eigenvalue weighted by Crippen LogP contribution is -3.13. The molecule has 1 heterocycles. The zero-order chi connectivity index (χ0) is 18.5. The molecule has 0 saturated carbocycles. The lowest BCUT2D eigenvalue weighted by molar-refractivity contribution is -0.917. The molecule has 0 unspecified atom stereocenters. The Labute approximate surface area is 156 Å². The van der Waals surface area contributed by atoms with Crippen molar-refractivity contribution in [3.8, 4) is 5.75 Å². The second-order valence-electron chi connectivity index (χ2n) is 7.34. The van der Waals surface area contributed by atoms with Gasteiger partial charge in [-0.15, -0.1) is 0 Å². The molecule has 1 saturated heterocycles. The minimum absolute atomic E-state index is 0.156. The molecular formula is C22H29N2O2+. The fourth-order valence-corrected chi connectivity index (χ4v) is 3.43. The van der Waals surface area contributed by atoms with E-state index in [-0.39, 0.29) is 5.91 Å². The maximum Gasteiger partial charge on any atom is 0.254 e. The third-order valence-corrected chi connectivity index (χ3v) is 5.20. The van der Waals surface area contributed by atoms with Crippen LogP contribution in [0.3, 0.4) is 0 Å². The number of hydrogen-bond donors (Lipinski definition) is 1. The Morgan fingerprint density at radius 2 is 1.65 bits per heavy atom. The van der Waals surface area contributed by atoms with E-state index in [1.165, 1.54) is 16.0 Å². The summed E-state index contributed by atoms with van der Waals surface area (Å²) >= 11 is 0. The van der Waals surface area contributed by atoms with Crippen LogP contribution in [-0.4, -0.2) is 44.1 Å². The van der Waals surface area contributed by atoms with Crippen LogP contribution >= 0.6 is 0 Å². The topological polar surface area (TPSA) is 34.0 Å². The Kier molecular flexibility index (Phi) is 5.94. The third kappa shape index (κ3) is 4.44. The molecule has 0 radical (unpaired) electrons. The second-order valence-corrected chi connectivity index (χ2v) is 7.34. The maximum absolute atomic E-state index is 12.7. The number of rotatable bonds is 5. The number of methoxy groups -OCH3 is 1. The number of quaternary nitrogens is 1.